The van der Waals surface area contributed by atoms with Crippen LogP contribution >= 0.6 is 0 Å². The number of amides is 2. The van der Waals surface area contributed by atoms with Crippen LogP contribution in [0.15, 0.2) is 54.6 Å². The van der Waals surface area contributed by atoms with Crippen LogP contribution in [0.5, 0.6) is 0 Å². The fraction of sp³-hybridized carbons (Fsp3) is 0.0667. The molecule has 1 aliphatic rings. The quantitative estimate of drug-likeness (QED) is 0.754. The van der Waals surface area contributed by atoms with Gasteiger partial charge in [-0.3, -0.25) is 14.5 Å². The van der Waals surface area contributed by atoms with Crippen molar-refractivity contribution in [2.75, 3.05) is 0 Å². The molecule has 0 radical (unpaired) electrons. The van der Waals surface area contributed by atoms with Crippen LogP contribution in [-0.4, -0.2) is 16.7 Å². The molecule has 2 amide bonds. The lowest BCUT2D eigenvalue weighted by Crippen LogP contribution is -2.29. The maximum Gasteiger partial charge on any atom is 0.261 e. The van der Waals surface area contributed by atoms with Gasteiger partial charge in [0.05, 0.1) is 19.0 Å². The van der Waals surface area contributed by atoms with Gasteiger partial charge in [-0.15, -0.1) is 0 Å². The van der Waals surface area contributed by atoms with E-state index in [1.54, 1.807) is 48.5 Å². The molecule has 1 atom stereocenters. The number of carbonyl (C=O) groups is 2. The summed E-state index contributed by atoms with van der Waals surface area (Å²) in [7, 11) is 0. The summed E-state index contributed by atoms with van der Waals surface area (Å²) in [4.78, 5) is 25.4. The summed E-state index contributed by atoms with van der Waals surface area (Å²) in [6.07, 6.45) is 0. The molecule has 0 unspecified atom stereocenters. The molecule has 0 fully saturated rings. The minimum Gasteiger partial charge on any atom is -0.270 e. The van der Waals surface area contributed by atoms with Gasteiger partial charge in [0.2, 0.25) is 0 Å². The Bertz CT molecular complexity index is 619. The Balaban J connectivity index is 2.01. The van der Waals surface area contributed by atoms with Crippen molar-refractivity contribution in [2.45, 2.75) is 6.52 Å². The van der Waals surface area contributed by atoms with Gasteiger partial charge in [-0.05, 0) is 17.7 Å². The fourth-order valence-corrected chi connectivity index (χ4v) is 2.01. The Kier molecular flexibility index (Phi) is 2.19. The second-order valence-electron chi connectivity index (χ2n) is 4.07. The monoisotopic (exact) mass is 238 g/mol. The lowest BCUT2D eigenvalue weighted by molar-refractivity contribution is 0.0642. The molecule has 0 aromatic heterocycles. The van der Waals surface area contributed by atoms with Crippen molar-refractivity contribution in [1.82, 2.24) is 4.90 Å². The van der Waals surface area contributed by atoms with Gasteiger partial charge in [-0.2, -0.15) is 0 Å². The van der Waals surface area contributed by atoms with E-state index in [0.29, 0.717) is 16.7 Å². The van der Waals surface area contributed by atoms with Crippen LogP contribution in [0, 0.1) is 0 Å². The van der Waals surface area contributed by atoms with Crippen molar-refractivity contribution in [3.63, 3.8) is 0 Å². The standard InChI is InChI=1S/C15H11NO2/c17-14-12-8-4-5-9-13(12)15(18)16(14)10-11-6-2-1-3-7-11/h1-9H,10H2/i10D/t10-/m1/s1. The first-order valence-corrected chi connectivity index (χ1v) is 5.64. The number of hydrogen-bond acceptors (Lipinski definition) is 2. The molecule has 2 aromatic rings. The molecule has 2 aromatic carbocycles. The highest BCUT2D eigenvalue weighted by atomic mass is 16.2. The largest absolute Gasteiger partial charge is 0.270 e. The molecular weight excluding hydrogens is 226 g/mol. The number of benzene rings is 2. The summed E-state index contributed by atoms with van der Waals surface area (Å²) in [5.74, 6) is -0.797. The van der Waals surface area contributed by atoms with Crippen molar-refractivity contribution in [1.29, 1.82) is 0 Å². The van der Waals surface area contributed by atoms with E-state index in [9.17, 15) is 9.59 Å². The molecule has 0 aliphatic carbocycles. The SMILES string of the molecule is [2H][C@H](c1ccccc1)N1C(=O)c2ccccc2C1=O. The molecule has 3 heteroatoms. The van der Waals surface area contributed by atoms with Gasteiger partial charge >= 0.3 is 0 Å². The predicted octanol–water partition coefficient (Wildman–Crippen LogP) is 2.48. The van der Waals surface area contributed by atoms with Crippen LogP contribution in [0.2, 0.25) is 0 Å². The van der Waals surface area contributed by atoms with Crippen LogP contribution in [0.25, 0.3) is 0 Å². The van der Waals surface area contributed by atoms with E-state index in [0.717, 1.165) is 4.90 Å². The second kappa shape index (κ2) is 4.11. The first kappa shape index (κ1) is 9.59. The topological polar surface area (TPSA) is 37.4 Å². The van der Waals surface area contributed by atoms with Gasteiger partial charge < -0.3 is 0 Å². The van der Waals surface area contributed by atoms with Crippen molar-refractivity contribution in [3.8, 4) is 0 Å². The van der Waals surface area contributed by atoms with Crippen molar-refractivity contribution in [2.24, 2.45) is 0 Å². The van der Waals surface area contributed by atoms with Gasteiger partial charge in [-0.1, -0.05) is 42.5 Å². The lowest BCUT2D eigenvalue weighted by atomic mass is 10.1. The first-order valence-electron chi connectivity index (χ1n) is 6.22. The molecule has 0 N–H and O–H groups in total. The van der Waals surface area contributed by atoms with Gasteiger partial charge in [0.15, 0.2) is 0 Å². The average molecular weight is 238 g/mol. The Morgan fingerprint density at radius 1 is 0.833 bits per heavy atom. The minimum atomic E-state index is -1.01. The summed E-state index contributed by atoms with van der Waals surface area (Å²) in [5.41, 5.74) is 1.37. The minimum absolute atomic E-state index is 0.376. The van der Waals surface area contributed by atoms with E-state index in [4.69, 9.17) is 1.37 Å². The molecule has 1 heterocycles. The highest BCUT2D eigenvalue weighted by molar-refractivity contribution is 6.21. The van der Waals surface area contributed by atoms with Gasteiger partial charge in [0.1, 0.15) is 0 Å². The zero-order valence-electron chi connectivity index (χ0n) is 10.5. The van der Waals surface area contributed by atoms with Crippen LogP contribution in [0.1, 0.15) is 27.7 Å². The molecule has 1 aliphatic heterocycles. The Hall–Kier alpha value is -2.42. The van der Waals surface area contributed by atoms with Crippen LogP contribution in [0.4, 0.5) is 0 Å². The highest BCUT2D eigenvalue weighted by Crippen LogP contribution is 2.23. The van der Waals surface area contributed by atoms with E-state index < -0.39 is 18.3 Å². The molecule has 0 bridgehead atoms. The van der Waals surface area contributed by atoms with Gasteiger partial charge in [-0.25, -0.2) is 0 Å². The molecular formula is C15H11NO2. The molecule has 0 spiro atoms. The summed E-state index contributed by atoms with van der Waals surface area (Å²) in [5, 5.41) is 0. The lowest BCUT2D eigenvalue weighted by Gasteiger charge is -2.13. The Labute approximate surface area is 106 Å². The van der Waals surface area contributed by atoms with Crippen molar-refractivity contribution >= 4 is 11.8 Å². The normalized spacial score (nSPS) is 16.4. The Morgan fingerprint density at radius 3 is 1.89 bits per heavy atom. The van der Waals surface area contributed by atoms with Crippen molar-refractivity contribution < 1.29 is 11.0 Å². The third-order valence-electron chi connectivity index (χ3n) is 2.90. The van der Waals surface area contributed by atoms with Crippen LogP contribution in [0.3, 0.4) is 0 Å². The zero-order chi connectivity index (χ0) is 13.4. The van der Waals surface area contributed by atoms with E-state index in [1.807, 2.05) is 6.07 Å². The number of imide groups is 1. The van der Waals surface area contributed by atoms with E-state index in [2.05, 4.69) is 0 Å². The molecule has 0 saturated heterocycles. The smallest absolute Gasteiger partial charge is 0.261 e. The molecule has 88 valence electrons. The summed E-state index contributed by atoms with van der Waals surface area (Å²) < 4.78 is 8.13. The highest BCUT2D eigenvalue weighted by Gasteiger charge is 2.34. The number of fused-ring (bicyclic) bond motifs is 1. The van der Waals surface area contributed by atoms with E-state index in [1.165, 1.54) is 0 Å². The summed E-state index contributed by atoms with van der Waals surface area (Å²) in [6, 6.07) is 15.6. The maximum absolute atomic E-state index is 12.2. The summed E-state index contributed by atoms with van der Waals surface area (Å²) in [6.45, 7) is -1.01. The molecule has 0 saturated carbocycles. The van der Waals surface area contributed by atoms with Gasteiger partial charge in [0, 0.05) is 0 Å². The van der Waals surface area contributed by atoms with E-state index >= 15 is 0 Å². The van der Waals surface area contributed by atoms with E-state index in [-0.39, 0.29) is 0 Å². The van der Waals surface area contributed by atoms with Gasteiger partial charge in [0.25, 0.3) is 11.8 Å². The number of hydrogen-bond donors (Lipinski definition) is 0. The Morgan fingerprint density at radius 2 is 1.33 bits per heavy atom. The average Bonchev–Trinajstić information content (AvgIpc) is 2.72. The zero-order valence-corrected chi connectivity index (χ0v) is 9.54. The number of nitrogens with zero attached hydrogens (tertiary/aromatic N) is 1. The number of rotatable bonds is 2. The molecule has 18 heavy (non-hydrogen) atoms. The predicted molar refractivity (Wildman–Crippen MR) is 67.1 cm³/mol. The second-order valence-corrected chi connectivity index (χ2v) is 4.07. The summed E-state index contributed by atoms with van der Waals surface area (Å²) >= 11 is 0. The third-order valence-corrected chi connectivity index (χ3v) is 2.90. The van der Waals surface area contributed by atoms with Crippen LogP contribution < -0.4 is 0 Å². The fourth-order valence-electron chi connectivity index (χ4n) is 2.01. The third kappa shape index (κ3) is 1.61. The molecule has 3 rings (SSSR count). The number of carbonyl (C=O) groups excluding carboxylic acids is 2. The maximum atomic E-state index is 12.2. The van der Waals surface area contributed by atoms with Crippen molar-refractivity contribution in [3.05, 3.63) is 71.3 Å². The molecule has 3 nitrogen and oxygen atoms in total. The first-order chi connectivity index (χ1) is 9.20. The van der Waals surface area contributed by atoms with Crippen LogP contribution in [-0.2, 0) is 6.52 Å².